The lowest BCUT2D eigenvalue weighted by molar-refractivity contribution is 0.0694. The summed E-state index contributed by atoms with van der Waals surface area (Å²) >= 11 is 5.83. The summed E-state index contributed by atoms with van der Waals surface area (Å²) in [5.41, 5.74) is 0.829. The Morgan fingerprint density at radius 2 is 1.89 bits per heavy atom. The predicted octanol–water partition coefficient (Wildman–Crippen LogP) is 4.28. The van der Waals surface area contributed by atoms with Gasteiger partial charge >= 0.3 is 5.97 Å². The zero-order valence-corrected chi connectivity index (χ0v) is 10.7. The van der Waals surface area contributed by atoms with Crippen LogP contribution in [-0.2, 0) is 0 Å². The van der Waals surface area contributed by atoms with Crippen molar-refractivity contribution in [2.24, 2.45) is 0 Å². The monoisotopic (exact) mass is 280 g/mol. The SMILES string of the molecule is Cc1ccc(Oc2ccc(F)cc2Cl)c(C(=O)O)c1. The topological polar surface area (TPSA) is 46.5 Å². The third-order valence-electron chi connectivity index (χ3n) is 2.48. The number of carbonyl (C=O) groups is 1. The summed E-state index contributed by atoms with van der Waals surface area (Å²) in [6.45, 7) is 1.78. The molecule has 0 saturated carbocycles. The van der Waals surface area contributed by atoms with Gasteiger partial charge in [-0.15, -0.1) is 0 Å². The molecule has 0 saturated heterocycles. The number of carboxylic acids is 1. The molecule has 2 aromatic carbocycles. The van der Waals surface area contributed by atoms with Crippen LogP contribution in [0.15, 0.2) is 36.4 Å². The molecule has 1 N–H and O–H groups in total. The van der Waals surface area contributed by atoms with Crippen molar-refractivity contribution in [2.45, 2.75) is 6.92 Å². The molecule has 0 aliphatic carbocycles. The lowest BCUT2D eigenvalue weighted by Gasteiger charge is -2.10. The second-order valence-corrected chi connectivity index (χ2v) is 4.39. The van der Waals surface area contributed by atoms with Crippen molar-refractivity contribution < 1.29 is 19.0 Å². The molecule has 0 spiro atoms. The van der Waals surface area contributed by atoms with Crippen molar-refractivity contribution >= 4 is 17.6 Å². The van der Waals surface area contributed by atoms with Gasteiger partial charge in [0.25, 0.3) is 0 Å². The molecule has 0 unspecified atom stereocenters. The summed E-state index contributed by atoms with van der Waals surface area (Å²) in [5.74, 6) is -1.22. The highest BCUT2D eigenvalue weighted by atomic mass is 35.5. The van der Waals surface area contributed by atoms with Gasteiger partial charge in [-0.05, 0) is 37.3 Å². The van der Waals surface area contributed by atoms with E-state index in [-0.39, 0.29) is 22.1 Å². The number of ether oxygens (including phenoxy) is 1. The quantitative estimate of drug-likeness (QED) is 0.913. The van der Waals surface area contributed by atoms with Crippen LogP contribution >= 0.6 is 11.6 Å². The van der Waals surface area contributed by atoms with Crippen LogP contribution in [0.25, 0.3) is 0 Å². The molecule has 0 heterocycles. The summed E-state index contributed by atoms with van der Waals surface area (Å²) in [5, 5.41) is 9.19. The van der Waals surface area contributed by atoms with Gasteiger partial charge in [0.1, 0.15) is 22.9 Å². The summed E-state index contributed by atoms with van der Waals surface area (Å²) in [7, 11) is 0. The number of hydrogen-bond donors (Lipinski definition) is 1. The molecule has 0 fully saturated rings. The average Bonchev–Trinajstić information content (AvgIpc) is 2.34. The number of hydrogen-bond acceptors (Lipinski definition) is 2. The molecule has 0 aliphatic heterocycles. The van der Waals surface area contributed by atoms with E-state index in [2.05, 4.69) is 0 Å². The van der Waals surface area contributed by atoms with Crippen LogP contribution in [0.2, 0.25) is 5.02 Å². The molecule has 3 nitrogen and oxygen atoms in total. The van der Waals surface area contributed by atoms with Gasteiger partial charge < -0.3 is 9.84 Å². The van der Waals surface area contributed by atoms with E-state index in [1.165, 1.54) is 18.2 Å². The maximum Gasteiger partial charge on any atom is 0.339 e. The first-order valence-corrected chi connectivity index (χ1v) is 5.82. The fraction of sp³-hybridized carbons (Fsp3) is 0.0714. The van der Waals surface area contributed by atoms with Gasteiger partial charge in [0.05, 0.1) is 5.02 Å². The van der Waals surface area contributed by atoms with Crippen molar-refractivity contribution in [2.75, 3.05) is 0 Å². The summed E-state index contributed by atoms with van der Waals surface area (Å²) in [4.78, 5) is 11.1. The van der Waals surface area contributed by atoms with Gasteiger partial charge in [-0.1, -0.05) is 23.2 Å². The molecule has 0 aromatic heterocycles. The maximum absolute atomic E-state index is 12.9. The minimum atomic E-state index is -1.10. The number of benzene rings is 2. The highest BCUT2D eigenvalue weighted by molar-refractivity contribution is 6.32. The summed E-state index contributed by atoms with van der Waals surface area (Å²) < 4.78 is 18.3. The van der Waals surface area contributed by atoms with E-state index < -0.39 is 11.8 Å². The highest BCUT2D eigenvalue weighted by Gasteiger charge is 2.13. The van der Waals surface area contributed by atoms with Crippen molar-refractivity contribution in [3.8, 4) is 11.5 Å². The van der Waals surface area contributed by atoms with Crippen LogP contribution in [0.1, 0.15) is 15.9 Å². The van der Waals surface area contributed by atoms with E-state index in [1.54, 1.807) is 19.1 Å². The van der Waals surface area contributed by atoms with E-state index in [0.29, 0.717) is 0 Å². The molecule has 0 aliphatic rings. The smallest absolute Gasteiger partial charge is 0.339 e. The largest absolute Gasteiger partial charge is 0.478 e. The molecule has 0 radical (unpaired) electrons. The molecule has 2 rings (SSSR count). The minimum Gasteiger partial charge on any atom is -0.478 e. The third-order valence-corrected chi connectivity index (χ3v) is 2.77. The van der Waals surface area contributed by atoms with Crippen LogP contribution in [0, 0.1) is 12.7 Å². The molecule has 19 heavy (non-hydrogen) atoms. The lowest BCUT2D eigenvalue weighted by atomic mass is 10.1. The molecule has 0 bridgehead atoms. The van der Waals surface area contributed by atoms with Crippen molar-refractivity contribution in [3.05, 3.63) is 58.4 Å². The molecule has 2 aromatic rings. The Kier molecular flexibility index (Phi) is 3.71. The van der Waals surface area contributed by atoms with Crippen LogP contribution in [0.5, 0.6) is 11.5 Å². The Morgan fingerprint density at radius 3 is 2.53 bits per heavy atom. The van der Waals surface area contributed by atoms with E-state index in [1.807, 2.05) is 0 Å². The Bertz CT molecular complexity index is 641. The Labute approximate surface area is 114 Å². The predicted molar refractivity (Wildman–Crippen MR) is 69.6 cm³/mol. The standard InChI is InChI=1S/C14H10ClFO3/c1-8-2-4-12(10(6-8)14(17)18)19-13-5-3-9(16)7-11(13)15/h2-7H,1H3,(H,17,18). The first-order valence-electron chi connectivity index (χ1n) is 5.44. The van der Waals surface area contributed by atoms with E-state index in [9.17, 15) is 9.18 Å². The normalized spacial score (nSPS) is 10.3. The van der Waals surface area contributed by atoms with Crippen LogP contribution < -0.4 is 4.74 Å². The number of aromatic carboxylic acids is 1. The first kappa shape index (κ1) is 13.4. The van der Waals surface area contributed by atoms with Crippen molar-refractivity contribution in [3.63, 3.8) is 0 Å². The molecule has 0 amide bonds. The first-order chi connectivity index (χ1) is 8.97. The number of aryl methyl sites for hydroxylation is 1. The lowest BCUT2D eigenvalue weighted by Crippen LogP contribution is -2.00. The zero-order chi connectivity index (χ0) is 14.0. The number of rotatable bonds is 3. The highest BCUT2D eigenvalue weighted by Crippen LogP contribution is 2.32. The number of carboxylic acid groups (broad SMARTS) is 1. The Balaban J connectivity index is 2.40. The van der Waals surface area contributed by atoms with Crippen LogP contribution in [0.3, 0.4) is 0 Å². The molecule has 98 valence electrons. The van der Waals surface area contributed by atoms with Gasteiger partial charge in [-0.3, -0.25) is 0 Å². The molecule has 5 heteroatoms. The average molecular weight is 281 g/mol. The van der Waals surface area contributed by atoms with Gasteiger partial charge in [0.15, 0.2) is 0 Å². The van der Waals surface area contributed by atoms with E-state index in [4.69, 9.17) is 21.4 Å². The summed E-state index contributed by atoms with van der Waals surface area (Å²) in [6.07, 6.45) is 0. The van der Waals surface area contributed by atoms with Crippen LogP contribution in [-0.4, -0.2) is 11.1 Å². The fourth-order valence-corrected chi connectivity index (χ4v) is 1.78. The summed E-state index contributed by atoms with van der Waals surface area (Å²) in [6, 6.07) is 8.40. The second-order valence-electron chi connectivity index (χ2n) is 3.98. The third kappa shape index (κ3) is 3.03. The second kappa shape index (κ2) is 5.28. The fourth-order valence-electron chi connectivity index (χ4n) is 1.58. The van der Waals surface area contributed by atoms with Crippen molar-refractivity contribution in [1.82, 2.24) is 0 Å². The van der Waals surface area contributed by atoms with Gasteiger partial charge in [-0.25, -0.2) is 9.18 Å². The van der Waals surface area contributed by atoms with Gasteiger partial charge in [-0.2, -0.15) is 0 Å². The van der Waals surface area contributed by atoms with E-state index >= 15 is 0 Å². The van der Waals surface area contributed by atoms with Gasteiger partial charge in [0, 0.05) is 0 Å². The van der Waals surface area contributed by atoms with E-state index in [0.717, 1.165) is 11.6 Å². The zero-order valence-electron chi connectivity index (χ0n) is 9.98. The number of halogens is 2. The molecule has 0 atom stereocenters. The Hall–Kier alpha value is -2.07. The van der Waals surface area contributed by atoms with Crippen molar-refractivity contribution in [1.29, 1.82) is 0 Å². The Morgan fingerprint density at radius 1 is 1.21 bits per heavy atom. The molecular weight excluding hydrogens is 271 g/mol. The van der Waals surface area contributed by atoms with Crippen LogP contribution in [0.4, 0.5) is 4.39 Å². The minimum absolute atomic E-state index is 0.0281. The van der Waals surface area contributed by atoms with Gasteiger partial charge in [0.2, 0.25) is 0 Å². The maximum atomic E-state index is 12.9. The molecular formula is C14H10ClFO3.